The van der Waals surface area contributed by atoms with E-state index in [1.807, 2.05) is 39.8 Å². The van der Waals surface area contributed by atoms with E-state index in [-0.39, 0.29) is 29.3 Å². The predicted octanol–water partition coefficient (Wildman–Crippen LogP) is 4.00. The van der Waals surface area contributed by atoms with Crippen LogP contribution in [0.15, 0.2) is 65.5 Å². The van der Waals surface area contributed by atoms with Crippen molar-refractivity contribution in [2.75, 3.05) is 23.7 Å². The van der Waals surface area contributed by atoms with Gasteiger partial charge in [0.15, 0.2) is 0 Å². The number of benzene rings is 2. The second kappa shape index (κ2) is 9.11. The highest BCUT2D eigenvalue weighted by atomic mass is 16.2. The number of piperidine rings is 1. The summed E-state index contributed by atoms with van der Waals surface area (Å²) in [5.41, 5.74) is 4.62. The Morgan fingerprint density at radius 1 is 0.971 bits per heavy atom. The Labute approximate surface area is 202 Å². The lowest BCUT2D eigenvalue weighted by Crippen LogP contribution is -2.50. The number of fused-ring (bicyclic) bond motifs is 4. The van der Waals surface area contributed by atoms with Crippen LogP contribution in [0.3, 0.4) is 0 Å². The summed E-state index contributed by atoms with van der Waals surface area (Å²) >= 11 is 0. The van der Waals surface area contributed by atoms with Gasteiger partial charge < -0.3 is 20.1 Å². The average Bonchev–Trinajstić information content (AvgIpc) is 2.85. The molecule has 3 aromatic rings. The van der Waals surface area contributed by atoms with Crippen LogP contribution >= 0.6 is 0 Å². The van der Waals surface area contributed by atoms with E-state index in [0.717, 1.165) is 23.2 Å². The molecule has 2 atom stereocenters. The monoisotopic (exact) mass is 467 g/mol. The minimum Gasteiger partial charge on any atom is -0.326 e. The van der Waals surface area contributed by atoms with E-state index in [1.165, 1.54) is 6.92 Å². The fourth-order valence-corrected chi connectivity index (χ4v) is 5.23. The molecule has 3 heterocycles. The minimum absolute atomic E-state index is 0.0256. The Morgan fingerprint density at radius 3 is 2.51 bits per heavy atom. The van der Waals surface area contributed by atoms with Gasteiger partial charge in [0.1, 0.15) is 0 Å². The molecule has 2 aliphatic rings. The molecule has 0 radical (unpaired) electrons. The van der Waals surface area contributed by atoms with E-state index in [1.54, 1.807) is 30.3 Å². The highest BCUT2D eigenvalue weighted by Crippen LogP contribution is 2.40. The average molecular weight is 468 g/mol. The molecule has 3 amide bonds. The number of amides is 3. The first-order valence-electron chi connectivity index (χ1n) is 11.6. The zero-order chi connectivity index (χ0) is 24.5. The molecular weight excluding hydrogens is 442 g/mol. The fourth-order valence-electron chi connectivity index (χ4n) is 5.23. The molecule has 5 rings (SSSR count). The number of rotatable bonds is 3. The summed E-state index contributed by atoms with van der Waals surface area (Å²) in [5.74, 6) is 0.0810. The van der Waals surface area contributed by atoms with Crippen LogP contribution in [0.4, 0.5) is 16.2 Å². The van der Waals surface area contributed by atoms with Gasteiger partial charge in [-0.1, -0.05) is 18.2 Å². The quantitative estimate of drug-likeness (QED) is 0.607. The number of nitriles is 1. The highest BCUT2D eigenvalue weighted by Gasteiger charge is 2.37. The number of nitrogens with zero attached hydrogens (tertiary/aromatic N) is 3. The van der Waals surface area contributed by atoms with Gasteiger partial charge in [0.25, 0.3) is 5.56 Å². The molecule has 0 aliphatic carbocycles. The number of nitrogens with one attached hydrogen (secondary N) is 2. The maximum atomic E-state index is 13.1. The number of pyridine rings is 1. The van der Waals surface area contributed by atoms with Crippen molar-refractivity contribution in [3.63, 3.8) is 0 Å². The molecule has 2 N–H and O–H groups in total. The van der Waals surface area contributed by atoms with E-state index in [9.17, 15) is 14.4 Å². The third kappa shape index (κ3) is 4.53. The normalized spacial score (nSPS) is 18.2. The first-order chi connectivity index (χ1) is 16.9. The minimum atomic E-state index is -0.206. The molecular formula is C27H25N5O3. The molecule has 1 aromatic heterocycles. The van der Waals surface area contributed by atoms with E-state index in [2.05, 4.69) is 16.7 Å². The topological polar surface area (TPSA) is 107 Å². The second-order valence-corrected chi connectivity index (χ2v) is 9.17. The Balaban J connectivity index is 1.43. The van der Waals surface area contributed by atoms with Crippen molar-refractivity contribution in [2.45, 2.75) is 25.8 Å². The van der Waals surface area contributed by atoms with Crippen molar-refractivity contribution in [3.05, 3.63) is 82.3 Å². The van der Waals surface area contributed by atoms with Crippen LogP contribution in [0.5, 0.6) is 0 Å². The predicted molar refractivity (Wildman–Crippen MR) is 133 cm³/mol. The van der Waals surface area contributed by atoms with Crippen LogP contribution in [0, 0.1) is 17.2 Å². The molecule has 2 aromatic carbocycles. The fraction of sp³-hybridized carbons (Fsp3) is 0.259. The number of hydrogen-bond acceptors (Lipinski definition) is 4. The number of likely N-dealkylation sites (tertiary alicyclic amines) is 1. The maximum absolute atomic E-state index is 13.1. The number of hydrogen-bond donors (Lipinski definition) is 2. The Hall–Kier alpha value is -4.38. The van der Waals surface area contributed by atoms with Gasteiger partial charge in [0.05, 0.1) is 11.6 Å². The Morgan fingerprint density at radius 2 is 1.77 bits per heavy atom. The second-order valence-electron chi connectivity index (χ2n) is 9.17. The van der Waals surface area contributed by atoms with Crippen LogP contribution in [-0.4, -0.2) is 34.5 Å². The molecule has 2 aliphatic heterocycles. The van der Waals surface area contributed by atoms with Gasteiger partial charge in [0.2, 0.25) is 5.91 Å². The lowest BCUT2D eigenvalue weighted by atomic mass is 9.80. The number of carbonyl (C=O) groups excluding carboxylic acids is 2. The summed E-state index contributed by atoms with van der Waals surface area (Å²) in [6.07, 6.45) is 0.911. The van der Waals surface area contributed by atoms with Crippen molar-refractivity contribution in [1.82, 2.24) is 9.47 Å². The molecule has 176 valence electrons. The van der Waals surface area contributed by atoms with Crippen LogP contribution in [-0.2, 0) is 11.3 Å². The summed E-state index contributed by atoms with van der Waals surface area (Å²) in [7, 11) is 0. The van der Waals surface area contributed by atoms with E-state index >= 15 is 0 Å². The molecule has 1 saturated heterocycles. The van der Waals surface area contributed by atoms with Gasteiger partial charge in [0, 0.05) is 61.2 Å². The van der Waals surface area contributed by atoms with Crippen molar-refractivity contribution in [3.8, 4) is 17.2 Å². The van der Waals surface area contributed by atoms with Crippen molar-refractivity contribution in [2.24, 2.45) is 5.92 Å². The zero-order valence-corrected chi connectivity index (χ0v) is 19.3. The number of carbonyl (C=O) groups is 2. The summed E-state index contributed by atoms with van der Waals surface area (Å²) < 4.78 is 1.86. The molecule has 35 heavy (non-hydrogen) atoms. The number of aromatic nitrogens is 1. The van der Waals surface area contributed by atoms with Crippen molar-refractivity contribution in [1.29, 1.82) is 5.26 Å². The summed E-state index contributed by atoms with van der Waals surface area (Å²) in [5, 5.41) is 14.8. The number of anilines is 2. The maximum Gasteiger partial charge on any atom is 0.321 e. The molecule has 8 nitrogen and oxygen atoms in total. The summed E-state index contributed by atoms with van der Waals surface area (Å²) in [6, 6.07) is 19.8. The standard InChI is InChI=1S/C27H25N5O3/c1-17(33)29-22-7-5-20(6-8-22)24-9-10-25(34)32-15-19-11-21(26(24)32)16-31(14-19)27(35)30-23-4-2-3-18(12-23)13-28/h2-10,12,19,21H,11,14-16H2,1H3,(H,29,33)(H,30,35). The van der Waals surface area contributed by atoms with Gasteiger partial charge in [-0.05, 0) is 54.3 Å². The van der Waals surface area contributed by atoms with E-state index < -0.39 is 0 Å². The first-order valence-corrected chi connectivity index (χ1v) is 11.6. The van der Waals surface area contributed by atoms with Crippen molar-refractivity contribution >= 4 is 23.3 Å². The first kappa shape index (κ1) is 22.4. The van der Waals surface area contributed by atoms with E-state index in [4.69, 9.17) is 5.26 Å². The zero-order valence-electron chi connectivity index (χ0n) is 19.3. The SMILES string of the molecule is CC(=O)Nc1ccc(-c2ccc(=O)n3c2C2CC(CN(C(=O)Nc4cccc(C#N)c4)C2)C3)cc1. The van der Waals surface area contributed by atoms with Crippen LogP contribution in [0.25, 0.3) is 11.1 Å². The summed E-state index contributed by atoms with van der Waals surface area (Å²) in [6.45, 7) is 3.11. The van der Waals surface area contributed by atoms with Gasteiger partial charge in [-0.3, -0.25) is 9.59 Å². The Bertz CT molecular complexity index is 1400. The van der Waals surface area contributed by atoms with Gasteiger partial charge in [-0.15, -0.1) is 0 Å². The summed E-state index contributed by atoms with van der Waals surface area (Å²) in [4.78, 5) is 39.0. The van der Waals surface area contributed by atoms with E-state index in [0.29, 0.717) is 36.6 Å². The molecule has 0 saturated carbocycles. The molecule has 8 heteroatoms. The molecule has 0 spiro atoms. The largest absolute Gasteiger partial charge is 0.326 e. The lowest BCUT2D eigenvalue weighted by Gasteiger charge is -2.43. The van der Waals surface area contributed by atoms with Crippen LogP contribution < -0.4 is 16.2 Å². The molecule has 2 bridgehead atoms. The van der Waals surface area contributed by atoms with Crippen LogP contribution in [0.1, 0.15) is 30.5 Å². The van der Waals surface area contributed by atoms with Crippen LogP contribution in [0.2, 0.25) is 0 Å². The lowest BCUT2D eigenvalue weighted by molar-refractivity contribution is -0.114. The molecule has 2 unspecified atom stereocenters. The van der Waals surface area contributed by atoms with Gasteiger partial charge in [-0.25, -0.2) is 4.79 Å². The third-order valence-corrected chi connectivity index (χ3v) is 6.64. The van der Waals surface area contributed by atoms with Crippen molar-refractivity contribution < 1.29 is 9.59 Å². The third-order valence-electron chi connectivity index (χ3n) is 6.64. The Kier molecular flexibility index (Phi) is 5.83. The highest BCUT2D eigenvalue weighted by molar-refractivity contribution is 5.90. The van der Waals surface area contributed by atoms with Gasteiger partial charge >= 0.3 is 6.03 Å². The van der Waals surface area contributed by atoms with Gasteiger partial charge in [-0.2, -0.15) is 5.26 Å². The molecule has 1 fully saturated rings. The number of urea groups is 1. The smallest absolute Gasteiger partial charge is 0.321 e.